The number of hydrogen-bond acceptors (Lipinski definition) is 4. The zero-order valence-corrected chi connectivity index (χ0v) is 10.7. The maximum absolute atomic E-state index is 5.30. The van der Waals surface area contributed by atoms with Crippen LogP contribution in [0.15, 0.2) is 6.33 Å². The minimum absolute atomic E-state index is 0.0939. The number of nitrogens with zero attached hydrogens (tertiary/aromatic N) is 3. The molecule has 0 spiro atoms. The van der Waals surface area contributed by atoms with Gasteiger partial charge in [0.05, 0.1) is 19.7 Å². The van der Waals surface area contributed by atoms with E-state index in [2.05, 4.69) is 36.2 Å². The van der Waals surface area contributed by atoms with E-state index in [4.69, 9.17) is 4.74 Å². The van der Waals surface area contributed by atoms with Crippen molar-refractivity contribution >= 4 is 0 Å². The number of aromatic nitrogens is 3. The summed E-state index contributed by atoms with van der Waals surface area (Å²) < 4.78 is 7.18. The minimum Gasteiger partial charge on any atom is -0.380 e. The molecule has 0 bridgehead atoms. The third kappa shape index (κ3) is 4.72. The summed E-state index contributed by atoms with van der Waals surface area (Å²) in [6.45, 7) is 11.3. The van der Waals surface area contributed by atoms with Crippen molar-refractivity contribution in [2.75, 3.05) is 13.2 Å². The smallest absolute Gasteiger partial charge is 0.140 e. The quantitative estimate of drug-likeness (QED) is 0.741. The first-order valence-electron chi connectivity index (χ1n) is 5.72. The van der Waals surface area contributed by atoms with Crippen molar-refractivity contribution in [1.82, 2.24) is 20.1 Å². The van der Waals surface area contributed by atoms with Crippen LogP contribution in [-0.4, -0.2) is 33.5 Å². The predicted molar refractivity (Wildman–Crippen MR) is 63.1 cm³/mol. The van der Waals surface area contributed by atoms with Gasteiger partial charge in [-0.05, 0) is 27.7 Å². The van der Waals surface area contributed by atoms with Crippen LogP contribution in [0.5, 0.6) is 0 Å². The molecule has 1 aromatic heterocycles. The average molecular weight is 226 g/mol. The van der Waals surface area contributed by atoms with Gasteiger partial charge in [-0.3, -0.25) is 0 Å². The van der Waals surface area contributed by atoms with Crippen molar-refractivity contribution < 1.29 is 4.74 Å². The summed E-state index contributed by atoms with van der Waals surface area (Å²) in [6.07, 6.45) is 1.59. The van der Waals surface area contributed by atoms with Gasteiger partial charge in [0.2, 0.25) is 0 Å². The second-order valence-electron chi connectivity index (χ2n) is 4.70. The third-order valence-corrected chi connectivity index (χ3v) is 2.12. The molecule has 0 aliphatic carbocycles. The molecule has 1 rings (SSSR count). The molecule has 92 valence electrons. The molecule has 16 heavy (non-hydrogen) atoms. The number of nitrogens with one attached hydrogen (secondary N) is 1. The first-order valence-corrected chi connectivity index (χ1v) is 5.72. The van der Waals surface area contributed by atoms with E-state index >= 15 is 0 Å². The molecular weight excluding hydrogens is 204 g/mol. The van der Waals surface area contributed by atoms with Crippen LogP contribution in [0, 0.1) is 0 Å². The monoisotopic (exact) mass is 226 g/mol. The van der Waals surface area contributed by atoms with Crippen molar-refractivity contribution in [3.63, 3.8) is 0 Å². The highest BCUT2D eigenvalue weighted by molar-refractivity contribution is 4.86. The van der Waals surface area contributed by atoms with E-state index in [-0.39, 0.29) is 5.54 Å². The van der Waals surface area contributed by atoms with Gasteiger partial charge in [-0.2, -0.15) is 5.10 Å². The van der Waals surface area contributed by atoms with Gasteiger partial charge in [0.25, 0.3) is 0 Å². The zero-order valence-electron chi connectivity index (χ0n) is 10.7. The first kappa shape index (κ1) is 13.1. The normalized spacial score (nSPS) is 12.0. The van der Waals surface area contributed by atoms with Crippen molar-refractivity contribution in [2.24, 2.45) is 0 Å². The summed E-state index contributed by atoms with van der Waals surface area (Å²) in [7, 11) is 0. The standard InChI is InChI=1S/C11H22N4O/c1-5-16-7-6-15-10(12-9-14-15)8-13-11(2,3)4/h9,13H,5-8H2,1-4H3. The highest BCUT2D eigenvalue weighted by Gasteiger charge is 2.11. The third-order valence-electron chi connectivity index (χ3n) is 2.12. The van der Waals surface area contributed by atoms with E-state index in [0.29, 0.717) is 6.61 Å². The molecule has 5 heteroatoms. The van der Waals surface area contributed by atoms with E-state index in [1.54, 1.807) is 6.33 Å². The van der Waals surface area contributed by atoms with Crippen LogP contribution in [0.3, 0.4) is 0 Å². The predicted octanol–water partition coefficient (Wildman–Crippen LogP) is 1.20. The molecule has 5 nitrogen and oxygen atoms in total. The van der Waals surface area contributed by atoms with Crippen LogP contribution in [-0.2, 0) is 17.8 Å². The molecule has 0 saturated carbocycles. The van der Waals surface area contributed by atoms with Gasteiger partial charge in [-0.15, -0.1) is 0 Å². The Morgan fingerprint density at radius 3 is 2.81 bits per heavy atom. The molecular formula is C11H22N4O. The van der Waals surface area contributed by atoms with Gasteiger partial charge in [-0.25, -0.2) is 9.67 Å². The fourth-order valence-corrected chi connectivity index (χ4v) is 1.25. The molecule has 0 aliphatic rings. The highest BCUT2D eigenvalue weighted by atomic mass is 16.5. The fraction of sp³-hybridized carbons (Fsp3) is 0.818. The molecule has 0 amide bonds. The lowest BCUT2D eigenvalue weighted by molar-refractivity contribution is 0.135. The van der Waals surface area contributed by atoms with Crippen molar-refractivity contribution in [2.45, 2.75) is 46.3 Å². The molecule has 0 saturated heterocycles. The van der Waals surface area contributed by atoms with Crippen molar-refractivity contribution in [3.05, 3.63) is 12.2 Å². The largest absolute Gasteiger partial charge is 0.380 e. The second kappa shape index (κ2) is 5.96. The number of rotatable bonds is 6. The Morgan fingerprint density at radius 1 is 1.44 bits per heavy atom. The van der Waals surface area contributed by atoms with Gasteiger partial charge < -0.3 is 10.1 Å². The molecule has 0 fully saturated rings. The zero-order chi connectivity index (χ0) is 12.0. The van der Waals surface area contributed by atoms with Gasteiger partial charge in [0.1, 0.15) is 12.2 Å². The Morgan fingerprint density at radius 2 is 2.19 bits per heavy atom. The molecule has 1 aromatic rings. The fourth-order valence-electron chi connectivity index (χ4n) is 1.25. The van der Waals surface area contributed by atoms with E-state index in [1.165, 1.54) is 0 Å². The number of hydrogen-bond donors (Lipinski definition) is 1. The van der Waals surface area contributed by atoms with Crippen LogP contribution in [0.25, 0.3) is 0 Å². The summed E-state index contributed by atoms with van der Waals surface area (Å²) in [6, 6.07) is 0. The van der Waals surface area contributed by atoms with Crippen molar-refractivity contribution in [1.29, 1.82) is 0 Å². The molecule has 0 unspecified atom stereocenters. The summed E-state index contributed by atoms with van der Waals surface area (Å²) in [5, 5.41) is 7.57. The lowest BCUT2D eigenvalue weighted by Gasteiger charge is -2.20. The molecule has 0 radical (unpaired) electrons. The Bertz CT molecular complexity index is 303. The summed E-state index contributed by atoms with van der Waals surface area (Å²) in [4.78, 5) is 4.23. The Labute approximate surface area is 97.2 Å². The Kier molecular flexibility index (Phi) is 4.89. The average Bonchev–Trinajstić information content (AvgIpc) is 2.62. The molecule has 1 N–H and O–H groups in total. The van der Waals surface area contributed by atoms with Gasteiger partial charge in [-0.1, -0.05) is 0 Å². The van der Waals surface area contributed by atoms with Crippen LogP contribution < -0.4 is 5.32 Å². The Hall–Kier alpha value is -0.940. The maximum Gasteiger partial charge on any atom is 0.140 e. The van der Waals surface area contributed by atoms with Gasteiger partial charge in [0, 0.05) is 12.1 Å². The maximum atomic E-state index is 5.30. The van der Waals surface area contributed by atoms with Crippen molar-refractivity contribution in [3.8, 4) is 0 Å². The van der Waals surface area contributed by atoms with Crippen LogP contribution in [0.2, 0.25) is 0 Å². The molecule has 0 aliphatic heterocycles. The summed E-state index contributed by atoms with van der Waals surface area (Å²) in [5.74, 6) is 0.953. The molecule has 0 atom stereocenters. The first-order chi connectivity index (χ1) is 7.53. The molecule has 1 heterocycles. The van der Waals surface area contributed by atoms with E-state index in [0.717, 1.165) is 25.5 Å². The lowest BCUT2D eigenvalue weighted by Crippen LogP contribution is -2.36. The van der Waals surface area contributed by atoms with Gasteiger partial charge >= 0.3 is 0 Å². The second-order valence-corrected chi connectivity index (χ2v) is 4.70. The molecule has 0 aromatic carbocycles. The summed E-state index contributed by atoms with van der Waals surface area (Å²) in [5.41, 5.74) is 0.0939. The minimum atomic E-state index is 0.0939. The van der Waals surface area contributed by atoms with E-state index < -0.39 is 0 Å². The Balaban J connectivity index is 2.44. The van der Waals surface area contributed by atoms with Crippen LogP contribution >= 0.6 is 0 Å². The van der Waals surface area contributed by atoms with E-state index in [1.807, 2.05) is 11.6 Å². The van der Waals surface area contributed by atoms with Crippen LogP contribution in [0.4, 0.5) is 0 Å². The van der Waals surface area contributed by atoms with Gasteiger partial charge in [0.15, 0.2) is 0 Å². The lowest BCUT2D eigenvalue weighted by atomic mass is 10.1. The topological polar surface area (TPSA) is 52.0 Å². The number of ether oxygens (including phenoxy) is 1. The highest BCUT2D eigenvalue weighted by Crippen LogP contribution is 2.01. The van der Waals surface area contributed by atoms with Crippen LogP contribution in [0.1, 0.15) is 33.5 Å². The van der Waals surface area contributed by atoms with E-state index in [9.17, 15) is 0 Å². The summed E-state index contributed by atoms with van der Waals surface area (Å²) >= 11 is 0. The SMILES string of the molecule is CCOCCn1ncnc1CNC(C)(C)C.